The Bertz CT molecular complexity index is 833. The minimum absolute atomic E-state index is 0.0890. The zero-order chi connectivity index (χ0) is 18.7. The normalized spacial score (nSPS) is 12.6. The van der Waals surface area contributed by atoms with Gasteiger partial charge in [0.15, 0.2) is 18.1 Å². The summed E-state index contributed by atoms with van der Waals surface area (Å²) in [5, 5.41) is 2.51. The number of carbonyl (C=O) groups excluding carboxylic acids is 2. The third kappa shape index (κ3) is 4.05. The van der Waals surface area contributed by atoms with Crippen LogP contribution in [0.25, 0.3) is 0 Å². The molecule has 3 rings (SSSR count). The lowest BCUT2D eigenvalue weighted by molar-refractivity contribution is -0.137. The molecule has 0 saturated carbocycles. The first-order valence-corrected chi connectivity index (χ1v) is 7.37. The number of rotatable bonds is 4. The van der Waals surface area contributed by atoms with Crippen LogP contribution < -0.4 is 14.8 Å². The number of alkyl halides is 3. The van der Waals surface area contributed by atoms with Crippen LogP contribution in [0.4, 0.5) is 18.9 Å². The maximum absolute atomic E-state index is 12.5. The fraction of sp³-hybridized carbons (Fsp3) is 0.176. The van der Waals surface area contributed by atoms with Crippen LogP contribution >= 0.6 is 0 Å². The smallest absolute Gasteiger partial charge is 0.416 e. The molecule has 0 saturated heterocycles. The van der Waals surface area contributed by atoms with Crippen molar-refractivity contribution < 1.29 is 37.0 Å². The Morgan fingerprint density at radius 2 is 1.73 bits per heavy atom. The van der Waals surface area contributed by atoms with Gasteiger partial charge >= 0.3 is 12.1 Å². The second-order valence-corrected chi connectivity index (χ2v) is 5.27. The minimum atomic E-state index is -4.49. The molecule has 0 atom stereocenters. The lowest BCUT2D eigenvalue weighted by Gasteiger charge is -2.09. The monoisotopic (exact) mass is 367 g/mol. The molecule has 0 bridgehead atoms. The number of amides is 1. The van der Waals surface area contributed by atoms with Gasteiger partial charge < -0.3 is 19.5 Å². The topological polar surface area (TPSA) is 73.9 Å². The van der Waals surface area contributed by atoms with E-state index in [-0.39, 0.29) is 12.4 Å². The molecule has 0 aromatic heterocycles. The molecule has 2 aromatic rings. The molecule has 0 aliphatic carbocycles. The van der Waals surface area contributed by atoms with Crippen molar-refractivity contribution in [1.29, 1.82) is 0 Å². The van der Waals surface area contributed by atoms with E-state index in [1.54, 1.807) is 18.2 Å². The number of fused-ring (bicyclic) bond motifs is 1. The number of benzene rings is 2. The third-order valence-electron chi connectivity index (χ3n) is 3.44. The molecule has 6 nitrogen and oxygen atoms in total. The first-order valence-electron chi connectivity index (χ1n) is 7.37. The predicted octanol–water partition coefficient (Wildman–Crippen LogP) is 3.23. The minimum Gasteiger partial charge on any atom is -0.454 e. The van der Waals surface area contributed by atoms with Crippen molar-refractivity contribution in [1.82, 2.24) is 0 Å². The lowest BCUT2D eigenvalue weighted by Crippen LogP contribution is -2.21. The van der Waals surface area contributed by atoms with Crippen molar-refractivity contribution in [2.24, 2.45) is 0 Å². The van der Waals surface area contributed by atoms with Crippen molar-refractivity contribution in [3.8, 4) is 11.5 Å². The molecule has 136 valence electrons. The maximum Gasteiger partial charge on any atom is 0.416 e. The third-order valence-corrected chi connectivity index (χ3v) is 3.44. The van der Waals surface area contributed by atoms with Crippen LogP contribution in [0.15, 0.2) is 42.5 Å². The summed E-state index contributed by atoms with van der Waals surface area (Å²) in [4.78, 5) is 23.6. The molecular formula is C17H12F3NO5. The highest BCUT2D eigenvalue weighted by atomic mass is 19.4. The Labute approximate surface area is 145 Å². The van der Waals surface area contributed by atoms with Gasteiger partial charge in [-0.3, -0.25) is 4.79 Å². The Hall–Kier alpha value is -3.23. The fourth-order valence-corrected chi connectivity index (χ4v) is 2.18. The first-order chi connectivity index (χ1) is 12.3. The van der Waals surface area contributed by atoms with E-state index in [1.807, 2.05) is 0 Å². The number of carbonyl (C=O) groups is 2. The molecule has 0 unspecified atom stereocenters. The summed E-state index contributed by atoms with van der Waals surface area (Å²) in [5.41, 5.74) is -0.548. The van der Waals surface area contributed by atoms with E-state index in [2.05, 4.69) is 5.32 Å². The zero-order valence-corrected chi connectivity index (χ0v) is 13.1. The number of esters is 1. The number of ether oxygens (including phenoxy) is 3. The molecule has 26 heavy (non-hydrogen) atoms. The summed E-state index contributed by atoms with van der Waals surface area (Å²) < 4.78 is 52.5. The SMILES string of the molecule is O=C(COC(=O)c1ccc(C(F)(F)F)cc1)Nc1ccc2c(c1)OCO2. The summed E-state index contributed by atoms with van der Waals surface area (Å²) >= 11 is 0. The maximum atomic E-state index is 12.5. The number of nitrogens with one attached hydrogen (secondary N) is 1. The van der Waals surface area contributed by atoms with E-state index in [0.29, 0.717) is 17.2 Å². The highest BCUT2D eigenvalue weighted by Gasteiger charge is 2.30. The first kappa shape index (κ1) is 17.6. The Morgan fingerprint density at radius 1 is 1.04 bits per heavy atom. The van der Waals surface area contributed by atoms with Gasteiger partial charge in [-0.2, -0.15) is 13.2 Å². The van der Waals surface area contributed by atoms with E-state index >= 15 is 0 Å². The van der Waals surface area contributed by atoms with Gasteiger partial charge in [-0.25, -0.2) is 4.79 Å². The van der Waals surface area contributed by atoms with Gasteiger partial charge in [-0.1, -0.05) is 0 Å². The predicted molar refractivity (Wildman–Crippen MR) is 82.9 cm³/mol. The summed E-state index contributed by atoms with van der Waals surface area (Å²) in [5.74, 6) is -0.482. The molecule has 2 aromatic carbocycles. The summed E-state index contributed by atoms with van der Waals surface area (Å²) in [6, 6.07) is 8.27. The average molecular weight is 367 g/mol. The number of halogens is 3. The molecule has 9 heteroatoms. The van der Waals surface area contributed by atoms with Crippen LogP contribution in [0, 0.1) is 0 Å². The Morgan fingerprint density at radius 3 is 2.42 bits per heavy atom. The van der Waals surface area contributed by atoms with Crippen LogP contribution in [0.5, 0.6) is 11.5 Å². The number of anilines is 1. The van der Waals surface area contributed by atoms with Crippen molar-refractivity contribution >= 4 is 17.6 Å². The number of hydrogen-bond acceptors (Lipinski definition) is 5. The highest BCUT2D eigenvalue weighted by molar-refractivity contribution is 5.95. The van der Waals surface area contributed by atoms with Gasteiger partial charge in [-0.05, 0) is 36.4 Å². The van der Waals surface area contributed by atoms with E-state index < -0.39 is 30.2 Å². The average Bonchev–Trinajstić information content (AvgIpc) is 3.07. The molecule has 1 heterocycles. The zero-order valence-electron chi connectivity index (χ0n) is 13.1. The van der Waals surface area contributed by atoms with Crippen molar-refractivity contribution in [2.75, 3.05) is 18.7 Å². The molecule has 1 aliphatic rings. The van der Waals surface area contributed by atoms with Gasteiger partial charge in [-0.15, -0.1) is 0 Å². The van der Waals surface area contributed by atoms with Gasteiger partial charge in [0, 0.05) is 11.8 Å². The highest BCUT2D eigenvalue weighted by Crippen LogP contribution is 2.34. The van der Waals surface area contributed by atoms with Gasteiger partial charge in [0.05, 0.1) is 11.1 Å². The number of hydrogen-bond donors (Lipinski definition) is 1. The largest absolute Gasteiger partial charge is 0.454 e. The molecule has 1 amide bonds. The van der Waals surface area contributed by atoms with Gasteiger partial charge in [0.2, 0.25) is 6.79 Å². The summed E-state index contributed by atoms with van der Waals surface area (Å²) in [6.45, 7) is -0.494. The van der Waals surface area contributed by atoms with Crippen molar-refractivity contribution in [3.63, 3.8) is 0 Å². The van der Waals surface area contributed by atoms with Crippen LogP contribution in [-0.4, -0.2) is 25.3 Å². The second kappa shape index (κ2) is 6.95. The second-order valence-electron chi connectivity index (χ2n) is 5.27. The van der Waals surface area contributed by atoms with Crippen LogP contribution in [-0.2, 0) is 15.7 Å². The Balaban J connectivity index is 1.53. The van der Waals surface area contributed by atoms with Gasteiger partial charge in [0.25, 0.3) is 5.91 Å². The van der Waals surface area contributed by atoms with E-state index in [4.69, 9.17) is 14.2 Å². The van der Waals surface area contributed by atoms with Crippen LogP contribution in [0.2, 0.25) is 0 Å². The molecule has 1 aliphatic heterocycles. The van der Waals surface area contributed by atoms with Gasteiger partial charge in [0.1, 0.15) is 0 Å². The quantitative estimate of drug-likeness (QED) is 0.840. The summed E-state index contributed by atoms with van der Waals surface area (Å²) in [6.07, 6.45) is -4.49. The molecule has 0 spiro atoms. The molecule has 0 radical (unpaired) electrons. The summed E-state index contributed by atoms with van der Waals surface area (Å²) in [7, 11) is 0. The van der Waals surface area contributed by atoms with E-state index in [9.17, 15) is 22.8 Å². The standard InChI is InChI=1S/C17H12F3NO5/c18-17(19,20)11-3-1-10(2-4-11)16(23)24-8-15(22)21-12-5-6-13-14(7-12)26-9-25-13/h1-7H,8-9H2,(H,21,22). The molecule has 0 fully saturated rings. The van der Waals surface area contributed by atoms with Crippen molar-refractivity contribution in [2.45, 2.75) is 6.18 Å². The van der Waals surface area contributed by atoms with Crippen LogP contribution in [0.1, 0.15) is 15.9 Å². The van der Waals surface area contributed by atoms with E-state index in [1.165, 1.54) is 0 Å². The lowest BCUT2D eigenvalue weighted by atomic mass is 10.1. The van der Waals surface area contributed by atoms with E-state index in [0.717, 1.165) is 24.3 Å². The Kier molecular flexibility index (Phi) is 4.70. The molecule has 1 N–H and O–H groups in total. The van der Waals surface area contributed by atoms with Crippen molar-refractivity contribution in [3.05, 3.63) is 53.6 Å². The molecular weight excluding hydrogens is 355 g/mol. The fourth-order valence-electron chi connectivity index (χ4n) is 2.18. The van der Waals surface area contributed by atoms with Crippen LogP contribution in [0.3, 0.4) is 0 Å².